The number of hydrogen-bond donors (Lipinski definition) is 2. The van der Waals surface area contributed by atoms with Crippen LogP contribution < -0.4 is 16.0 Å². The molecule has 0 unspecified atom stereocenters. The van der Waals surface area contributed by atoms with Crippen LogP contribution in [0.25, 0.3) is 16.3 Å². The van der Waals surface area contributed by atoms with Crippen molar-refractivity contribution < 1.29 is 4.74 Å². The number of nitrogens with one attached hydrogen (secondary N) is 1. The summed E-state index contributed by atoms with van der Waals surface area (Å²) in [5.74, 6) is 6.26. The molecule has 0 saturated carbocycles. The van der Waals surface area contributed by atoms with Crippen LogP contribution in [0.2, 0.25) is 0 Å². The highest BCUT2D eigenvalue weighted by Gasteiger charge is 2.08. The summed E-state index contributed by atoms with van der Waals surface area (Å²) < 4.78 is 5.72. The van der Waals surface area contributed by atoms with Crippen molar-refractivity contribution in [2.75, 3.05) is 12.0 Å². The van der Waals surface area contributed by atoms with Gasteiger partial charge in [-0.2, -0.15) is 4.98 Å². The van der Waals surface area contributed by atoms with Crippen molar-refractivity contribution in [2.45, 2.75) is 0 Å². The van der Waals surface area contributed by atoms with Crippen molar-refractivity contribution in [3.63, 3.8) is 0 Å². The molecule has 5 nitrogen and oxygen atoms in total. The molecule has 0 amide bonds. The van der Waals surface area contributed by atoms with E-state index in [1.165, 1.54) is 11.3 Å². The quantitative estimate of drug-likeness (QED) is 0.559. The minimum Gasteiger partial charge on any atom is -0.473 e. The lowest BCUT2D eigenvalue weighted by atomic mass is 10.2. The molecule has 106 valence electrons. The van der Waals surface area contributed by atoms with E-state index in [1.807, 2.05) is 53.9 Å². The van der Waals surface area contributed by atoms with Gasteiger partial charge in [0, 0.05) is 0 Å². The molecule has 6 heteroatoms. The number of fused-ring (bicyclic) bond motifs is 1. The number of ether oxygens (including phenoxy) is 1. The van der Waals surface area contributed by atoms with Gasteiger partial charge in [-0.05, 0) is 23.1 Å². The standard InChI is InChI=1S/C15H14N4OS/c16-19-15-17-13(12-8-10-21-14(12)18-15)20-9-4-7-11-5-2-1-3-6-11/h1-8,10H,9,16H2,(H,17,18,19)/b7-4+. The zero-order valence-corrected chi connectivity index (χ0v) is 12.0. The normalized spacial score (nSPS) is 11.1. The Morgan fingerprint density at radius 1 is 1.19 bits per heavy atom. The van der Waals surface area contributed by atoms with Crippen LogP contribution in [0.15, 0.2) is 47.9 Å². The first kappa shape index (κ1) is 13.5. The molecule has 0 saturated heterocycles. The average Bonchev–Trinajstić information content (AvgIpc) is 3.00. The first-order valence-corrected chi connectivity index (χ1v) is 7.31. The minimum absolute atomic E-state index is 0.354. The monoisotopic (exact) mass is 298 g/mol. The number of aromatic nitrogens is 2. The number of thiophene rings is 1. The Labute approximate surface area is 126 Å². The van der Waals surface area contributed by atoms with Crippen LogP contribution in [0.5, 0.6) is 5.88 Å². The fraction of sp³-hybridized carbons (Fsp3) is 0.0667. The van der Waals surface area contributed by atoms with Crippen LogP contribution in [0.3, 0.4) is 0 Å². The van der Waals surface area contributed by atoms with E-state index in [0.29, 0.717) is 18.4 Å². The lowest BCUT2D eigenvalue weighted by Crippen LogP contribution is -2.11. The van der Waals surface area contributed by atoms with Gasteiger partial charge in [0.2, 0.25) is 11.8 Å². The zero-order valence-electron chi connectivity index (χ0n) is 11.2. The SMILES string of the molecule is NNc1nc(OC/C=C/c2ccccc2)c2ccsc2n1. The third kappa shape index (κ3) is 3.18. The lowest BCUT2D eigenvalue weighted by Gasteiger charge is -2.05. The molecule has 3 rings (SSSR count). The van der Waals surface area contributed by atoms with Crippen molar-refractivity contribution in [1.29, 1.82) is 0 Å². The molecule has 0 atom stereocenters. The largest absolute Gasteiger partial charge is 0.473 e. The Morgan fingerprint density at radius 3 is 2.86 bits per heavy atom. The molecule has 3 aromatic rings. The number of anilines is 1. The van der Waals surface area contributed by atoms with Gasteiger partial charge in [-0.15, -0.1) is 11.3 Å². The third-order valence-electron chi connectivity index (χ3n) is 2.85. The number of hydrazine groups is 1. The van der Waals surface area contributed by atoms with Crippen LogP contribution in [0.4, 0.5) is 5.95 Å². The van der Waals surface area contributed by atoms with Gasteiger partial charge in [0.15, 0.2) is 0 Å². The third-order valence-corrected chi connectivity index (χ3v) is 3.65. The van der Waals surface area contributed by atoms with Crippen molar-refractivity contribution in [3.05, 3.63) is 53.4 Å². The lowest BCUT2D eigenvalue weighted by molar-refractivity contribution is 0.354. The highest BCUT2D eigenvalue weighted by molar-refractivity contribution is 7.16. The number of benzene rings is 1. The summed E-state index contributed by atoms with van der Waals surface area (Å²) in [4.78, 5) is 9.35. The van der Waals surface area contributed by atoms with Crippen LogP contribution in [0, 0.1) is 0 Å². The minimum atomic E-state index is 0.354. The summed E-state index contributed by atoms with van der Waals surface area (Å²) in [6.45, 7) is 0.431. The summed E-state index contributed by atoms with van der Waals surface area (Å²) in [6.07, 6.45) is 3.96. The van der Waals surface area contributed by atoms with E-state index in [4.69, 9.17) is 10.6 Å². The summed E-state index contributed by atoms with van der Waals surface area (Å²) in [5.41, 5.74) is 3.59. The number of hydrogen-bond acceptors (Lipinski definition) is 6. The van der Waals surface area contributed by atoms with Gasteiger partial charge in [-0.3, -0.25) is 5.43 Å². The van der Waals surface area contributed by atoms with Crippen molar-refractivity contribution in [3.8, 4) is 5.88 Å². The molecule has 21 heavy (non-hydrogen) atoms. The highest BCUT2D eigenvalue weighted by Crippen LogP contribution is 2.27. The molecule has 0 aliphatic rings. The molecule has 1 aromatic carbocycles. The molecule has 2 heterocycles. The van der Waals surface area contributed by atoms with Gasteiger partial charge in [-0.1, -0.05) is 36.4 Å². The Bertz CT molecular complexity index is 755. The van der Waals surface area contributed by atoms with E-state index >= 15 is 0 Å². The van der Waals surface area contributed by atoms with Gasteiger partial charge in [-0.25, -0.2) is 10.8 Å². The summed E-state index contributed by atoms with van der Waals surface area (Å²) in [7, 11) is 0. The number of nitrogens with two attached hydrogens (primary N) is 1. The smallest absolute Gasteiger partial charge is 0.241 e. The van der Waals surface area contributed by atoms with Gasteiger partial charge in [0.25, 0.3) is 0 Å². The van der Waals surface area contributed by atoms with Crippen LogP contribution in [0.1, 0.15) is 5.56 Å². The van der Waals surface area contributed by atoms with Crippen LogP contribution in [-0.2, 0) is 0 Å². The fourth-order valence-electron chi connectivity index (χ4n) is 1.88. The van der Waals surface area contributed by atoms with Gasteiger partial charge < -0.3 is 4.74 Å². The highest BCUT2D eigenvalue weighted by atomic mass is 32.1. The Morgan fingerprint density at radius 2 is 2.05 bits per heavy atom. The van der Waals surface area contributed by atoms with E-state index in [-0.39, 0.29) is 0 Å². The second kappa shape index (κ2) is 6.34. The molecule has 3 N–H and O–H groups in total. The molecule has 0 aliphatic heterocycles. The van der Waals surface area contributed by atoms with Gasteiger partial charge >= 0.3 is 0 Å². The maximum Gasteiger partial charge on any atom is 0.241 e. The Balaban J connectivity index is 1.73. The molecule has 0 spiro atoms. The maximum atomic E-state index is 5.72. The van der Waals surface area contributed by atoms with E-state index in [1.54, 1.807) is 0 Å². The number of rotatable bonds is 5. The van der Waals surface area contributed by atoms with Crippen LogP contribution >= 0.6 is 11.3 Å². The van der Waals surface area contributed by atoms with Crippen molar-refractivity contribution in [1.82, 2.24) is 9.97 Å². The van der Waals surface area contributed by atoms with Crippen molar-refractivity contribution in [2.24, 2.45) is 5.84 Å². The van der Waals surface area contributed by atoms with Crippen molar-refractivity contribution >= 4 is 33.6 Å². The molecule has 2 aromatic heterocycles. The van der Waals surface area contributed by atoms with E-state index in [0.717, 1.165) is 15.8 Å². The first-order valence-electron chi connectivity index (χ1n) is 6.43. The molecular weight excluding hydrogens is 284 g/mol. The maximum absolute atomic E-state index is 5.72. The van der Waals surface area contributed by atoms with E-state index in [9.17, 15) is 0 Å². The summed E-state index contributed by atoms with van der Waals surface area (Å²) >= 11 is 1.52. The average molecular weight is 298 g/mol. The van der Waals surface area contributed by atoms with E-state index < -0.39 is 0 Å². The second-order valence-electron chi connectivity index (χ2n) is 4.26. The Kier molecular flexibility index (Phi) is 4.09. The molecule has 0 aliphatic carbocycles. The molecular formula is C15H14N4OS. The Hall–Kier alpha value is -2.44. The fourth-order valence-corrected chi connectivity index (χ4v) is 2.63. The number of nitrogens with zero attached hydrogens (tertiary/aromatic N) is 2. The van der Waals surface area contributed by atoms with Gasteiger partial charge in [0.05, 0.1) is 5.39 Å². The topological polar surface area (TPSA) is 73.1 Å². The molecule has 0 bridgehead atoms. The van der Waals surface area contributed by atoms with Crippen LogP contribution in [-0.4, -0.2) is 16.6 Å². The van der Waals surface area contributed by atoms with E-state index in [2.05, 4.69) is 15.4 Å². The molecule has 0 radical (unpaired) electrons. The predicted octanol–water partition coefficient (Wildman–Crippen LogP) is 3.07. The summed E-state index contributed by atoms with van der Waals surface area (Å²) in [6, 6.07) is 12.0. The second-order valence-corrected chi connectivity index (χ2v) is 5.15. The summed E-state index contributed by atoms with van der Waals surface area (Å²) in [5, 5.41) is 2.85. The zero-order chi connectivity index (χ0) is 14.5. The molecule has 0 fully saturated rings. The number of nitrogen functional groups attached to an aromatic ring is 1. The first-order chi connectivity index (χ1) is 10.4. The predicted molar refractivity (Wildman–Crippen MR) is 86.2 cm³/mol. The van der Waals surface area contributed by atoms with Gasteiger partial charge in [0.1, 0.15) is 11.4 Å².